The van der Waals surface area contributed by atoms with Crippen LogP contribution in [0.4, 0.5) is 11.5 Å². The summed E-state index contributed by atoms with van der Waals surface area (Å²) < 4.78 is 0. The average Bonchev–Trinajstić information content (AvgIpc) is 2.28. The Morgan fingerprint density at radius 2 is 2.18 bits per heavy atom. The molecule has 0 aromatic carbocycles. The lowest BCUT2D eigenvalue weighted by atomic mass is 10.1. The van der Waals surface area contributed by atoms with Gasteiger partial charge in [-0.3, -0.25) is 0 Å². The maximum Gasteiger partial charge on any atom is 0.139 e. The number of aromatic nitrogens is 2. The minimum atomic E-state index is 0.395. The number of nitrogen functional groups attached to an aromatic ring is 1. The minimum Gasteiger partial charge on any atom is -0.398 e. The largest absolute Gasteiger partial charge is 0.398 e. The lowest BCUT2D eigenvalue weighted by Crippen LogP contribution is -2.00. The number of aryl methyl sites for hydroxylation is 1. The molecule has 0 aliphatic heterocycles. The molecule has 0 aliphatic carbocycles. The first kappa shape index (κ1) is 11.7. The van der Waals surface area contributed by atoms with Crippen molar-refractivity contribution >= 4 is 23.1 Å². The van der Waals surface area contributed by atoms with Gasteiger partial charge in [0.15, 0.2) is 0 Å². The first-order valence-electron chi connectivity index (χ1n) is 5.19. The third-order valence-electron chi connectivity index (χ3n) is 2.45. The molecule has 2 rings (SSSR count). The third-order valence-corrected chi connectivity index (χ3v) is 2.72. The Morgan fingerprint density at radius 1 is 1.41 bits per heavy atom. The monoisotopic (exact) mass is 248 g/mol. The minimum absolute atomic E-state index is 0.395. The van der Waals surface area contributed by atoms with Crippen molar-refractivity contribution in [3.05, 3.63) is 35.2 Å². The molecular formula is C12H13ClN4. The molecule has 88 valence electrons. The zero-order valence-electron chi connectivity index (χ0n) is 9.66. The Hall–Kier alpha value is -1.81. The summed E-state index contributed by atoms with van der Waals surface area (Å²) in [5.41, 5.74) is 8.97. The number of anilines is 2. The van der Waals surface area contributed by atoms with Crippen LogP contribution >= 0.6 is 11.6 Å². The van der Waals surface area contributed by atoms with Gasteiger partial charge >= 0.3 is 0 Å². The van der Waals surface area contributed by atoms with Crippen molar-refractivity contribution in [3.63, 3.8) is 0 Å². The van der Waals surface area contributed by atoms with Gasteiger partial charge in [0, 0.05) is 35.8 Å². The number of pyridine rings is 2. The van der Waals surface area contributed by atoms with Crippen molar-refractivity contribution in [1.29, 1.82) is 0 Å². The van der Waals surface area contributed by atoms with Gasteiger partial charge in [0.1, 0.15) is 11.0 Å². The molecule has 0 saturated heterocycles. The van der Waals surface area contributed by atoms with Gasteiger partial charge in [-0.1, -0.05) is 11.6 Å². The van der Waals surface area contributed by atoms with Gasteiger partial charge < -0.3 is 11.1 Å². The van der Waals surface area contributed by atoms with E-state index in [1.807, 2.05) is 19.1 Å². The highest BCUT2D eigenvalue weighted by atomic mass is 35.5. The predicted octanol–water partition coefficient (Wildman–Crippen LogP) is 2.73. The van der Waals surface area contributed by atoms with Crippen LogP contribution in [-0.2, 0) is 0 Å². The summed E-state index contributed by atoms with van der Waals surface area (Å²) in [5, 5.41) is 3.41. The Bertz CT molecular complexity index is 531. The summed E-state index contributed by atoms with van der Waals surface area (Å²) in [4.78, 5) is 8.44. The Labute approximate surface area is 105 Å². The van der Waals surface area contributed by atoms with Crippen molar-refractivity contribution < 1.29 is 0 Å². The van der Waals surface area contributed by atoms with Gasteiger partial charge in [-0.05, 0) is 25.1 Å². The van der Waals surface area contributed by atoms with E-state index < -0.39 is 0 Å². The maximum atomic E-state index is 6.15. The summed E-state index contributed by atoms with van der Waals surface area (Å²) in [6.07, 6.45) is 1.71. The molecule has 0 saturated carbocycles. The fourth-order valence-corrected chi connectivity index (χ4v) is 2.08. The van der Waals surface area contributed by atoms with Crippen LogP contribution in [0.1, 0.15) is 5.69 Å². The van der Waals surface area contributed by atoms with Crippen molar-refractivity contribution in [2.45, 2.75) is 6.92 Å². The fourth-order valence-electron chi connectivity index (χ4n) is 1.73. The summed E-state index contributed by atoms with van der Waals surface area (Å²) in [7, 11) is 1.80. The van der Waals surface area contributed by atoms with E-state index in [4.69, 9.17) is 17.3 Å². The molecule has 17 heavy (non-hydrogen) atoms. The molecule has 4 nitrogen and oxygen atoms in total. The summed E-state index contributed by atoms with van der Waals surface area (Å²) in [6, 6.07) is 5.55. The van der Waals surface area contributed by atoms with E-state index in [0.717, 1.165) is 22.6 Å². The van der Waals surface area contributed by atoms with E-state index in [1.165, 1.54) is 0 Å². The summed E-state index contributed by atoms with van der Waals surface area (Å²) in [6.45, 7) is 1.86. The number of nitrogens with zero attached hydrogens (tertiary/aromatic N) is 2. The molecule has 0 amide bonds. The molecule has 5 heteroatoms. The number of halogens is 1. The van der Waals surface area contributed by atoms with Crippen LogP contribution in [0, 0.1) is 6.92 Å². The Morgan fingerprint density at radius 3 is 2.82 bits per heavy atom. The number of nitrogens with two attached hydrogens (primary N) is 1. The molecule has 2 aromatic rings. The lowest BCUT2D eigenvalue weighted by Gasteiger charge is -2.12. The third kappa shape index (κ3) is 2.17. The SMILES string of the molecule is CNc1ncccc1-c1c(N)cc(C)nc1Cl. The van der Waals surface area contributed by atoms with Crippen molar-refractivity contribution in [2.75, 3.05) is 18.1 Å². The highest BCUT2D eigenvalue weighted by Gasteiger charge is 2.13. The molecule has 0 atom stereocenters. The van der Waals surface area contributed by atoms with Gasteiger partial charge in [-0.2, -0.15) is 0 Å². The number of nitrogens with one attached hydrogen (secondary N) is 1. The molecule has 3 N–H and O–H groups in total. The second-order valence-electron chi connectivity index (χ2n) is 3.67. The van der Waals surface area contributed by atoms with E-state index in [0.29, 0.717) is 10.8 Å². The molecule has 0 spiro atoms. The van der Waals surface area contributed by atoms with Crippen LogP contribution in [0.5, 0.6) is 0 Å². The van der Waals surface area contributed by atoms with Gasteiger partial charge in [-0.15, -0.1) is 0 Å². The van der Waals surface area contributed by atoms with Crippen molar-refractivity contribution in [2.24, 2.45) is 0 Å². The van der Waals surface area contributed by atoms with Crippen LogP contribution in [0.3, 0.4) is 0 Å². The van der Waals surface area contributed by atoms with E-state index in [-0.39, 0.29) is 0 Å². The van der Waals surface area contributed by atoms with E-state index in [2.05, 4.69) is 15.3 Å². The highest BCUT2D eigenvalue weighted by molar-refractivity contribution is 6.33. The average molecular weight is 249 g/mol. The van der Waals surface area contributed by atoms with Crippen LogP contribution in [0.15, 0.2) is 24.4 Å². The van der Waals surface area contributed by atoms with Gasteiger partial charge in [0.2, 0.25) is 0 Å². The fraction of sp³-hybridized carbons (Fsp3) is 0.167. The van der Waals surface area contributed by atoms with Gasteiger partial charge in [0.25, 0.3) is 0 Å². The zero-order chi connectivity index (χ0) is 12.4. The first-order chi connectivity index (χ1) is 8.13. The van der Waals surface area contributed by atoms with Crippen LogP contribution < -0.4 is 11.1 Å². The zero-order valence-corrected chi connectivity index (χ0v) is 10.4. The molecule has 0 unspecified atom stereocenters. The van der Waals surface area contributed by atoms with E-state index in [1.54, 1.807) is 19.3 Å². The van der Waals surface area contributed by atoms with E-state index in [9.17, 15) is 0 Å². The summed E-state index contributed by atoms with van der Waals surface area (Å²) >= 11 is 6.15. The predicted molar refractivity (Wildman–Crippen MR) is 71.2 cm³/mol. The van der Waals surface area contributed by atoms with Crippen LogP contribution in [-0.4, -0.2) is 17.0 Å². The lowest BCUT2D eigenvalue weighted by molar-refractivity contribution is 1.20. The molecule has 0 aliphatic rings. The second-order valence-corrected chi connectivity index (χ2v) is 4.03. The summed E-state index contributed by atoms with van der Waals surface area (Å²) in [5.74, 6) is 0.728. The van der Waals surface area contributed by atoms with Gasteiger partial charge in [-0.25, -0.2) is 9.97 Å². The Balaban J connectivity index is 2.68. The van der Waals surface area contributed by atoms with Gasteiger partial charge in [0.05, 0.1) is 0 Å². The van der Waals surface area contributed by atoms with Crippen LogP contribution in [0.2, 0.25) is 5.15 Å². The number of hydrogen-bond donors (Lipinski definition) is 2. The highest BCUT2D eigenvalue weighted by Crippen LogP contribution is 2.35. The number of rotatable bonds is 2. The molecular weight excluding hydrogens is 236 g/mol. The quantitative estimate of drug-likeness (QED) is 0.802. The smallest absolute Gasteiger partial charge is 0.139 e. The standard InChI is InChI=1S/C12H13ClN4/c1-7-6-9(14)10(11(13)17-7)8-4-3-5-16-12(8)15-2/h3-6H,1-2H3,(H2,14,17)(H,15,16). The van der Waals surface area contributed by atoms with Crippen LogP contribution in [0.25, 0.3) is 11.1 Å². The Kier molecular flexibility index (Phi) is 3.15. The molecule has 2 heterocycles. The normalized spacial score (nSPS) is 10.3. The first-order valence-corrected chi connectivity index (χ1v) is 5.57. The van der Waals surface area contributed by atoms with Crippen molar-refractivity contribution in [1.82, 2.24) is 9.97 Å². The van der Waals surface area contributed by atoms with E-state index >= 15 is 0 Å². The van der Waals surface area contributed by atoms with Crippen molar-refractivity contribution in [3.8, 4) is 11.1 Å². The molecule has 2 aromatic heterocycles. The number of hydrogen-bond acceptors (Lipinski definition) is 4. The molecule has 0 fully saturated rings. The molecule has 0 bridgehead atoms. The maximum absolute atomic E-state index is 6.15. The second kappa shape index (κ2) is 4.59. The topological polar surface area (TPSA) is 63.8 Å². The molecule has 0 radical (unpaired) electrons.